The number of aliphatic hydroxyl groups is 1. The number of ether oxygens (including phenoxy) is 1. The van der Waals surface area contributed by atoms with Crippen LogP contribution in [0.15, 0.2) is 42.5 Å². The minimum absolute atomic E-state index is 0.170. The molecule has 0 unspecified atom stereocenters. The molecule has 0 saturated heterocycles. The molecule has 19 heavy (non-hydrogen) atoms. The molecule has 0 aliphatic rings. The molecule has 0 aliphatic carbocycles. The van der Waals surface area contributed by atoms with Crippen molar-refractivity contribution in [3.05, 3.63) is 48.1 Å². The highest BCUT2D eigenvalue weighted by Gasteiger charge is 2.03. The minimum atomic E-state index is 0.170. The molecule has 3 heteroatoms. The van der Waals surface area contributed by atoms with E-state index >= 15 is 0 Å². The Morgan fingerprint density at radius 3 is 2.58 bits per heavy atom. The lowest BCUT2D eigenvalue weighted by Crippen LogP contribution is -2.28. The summed E-state index contributed by atoms with van der Waals surface area (Å²) in [5.41, 5.74) is 2.40. The highest BCUT2D eigenvalue weighted by atomic mass is 16.5. The molecule has 0 fully saturated rings. The van der Waals surface area contributed by atoms with Crippen molar-refractivity contribution in [1.29, 1.82) is 0 Å². The Morgan fingerprint density at radius 1 is 1.37 bits per heavy atom. The van der Waals surface area contributed by atoms with Gasteiger partial charge in [-0.05, 0) is 24.6 Å². The van der Waals surface area contributed by atoms with Crippen LogP contribution in [0.2, 0.25) is 0 Å². The average Bonchev–Trinajstić information content (AvgIpc) is 2.40. The lowest BCUT2D eigenvalue weighted by molar-refractivity contribution is 0.218. The summed E-state index contributed by atoms with van der Waals surface area (Å²) in [5, 5.41) is 9.01. The molecule has 0 amide bonds. The van der Waals surface area contributed by atoms with Gasteiger partial charge in [-0.1, -0.05) is 29.9 Å². The molecule has 0 heterocycles. The van der Waals surface area contributed by atoms with Gasteiger partial charge in [-0.3, -0.25) is 4.90 Å². The zero-order valence-electron chi connectivity index (χ0n) is 11.8. The highest BCUT2D eigenvalue weighted by molar-refractivity contribution is 5.53. The van der Waals surface area contributed by atoms with Crippen molar-refractivity contribution in [3.8, 4) is 5.75 Å². The van der Waals surface area contributed by atoms with Crippen LogP contribution in [0.3, 0.4) is 0 Å². The third kappa shape index (κ3) is 5.73. The summed E-state index contributed by atoms with van der Waals surface area (Å²) < 4.78 is 5.13. The van der Waals surface area contributed by atoms with Gasteiger partial charge in [0.2, 0.25) is 0 Å². The van der Waals surface area contributed by atoms with Crippen molar-refractivity contribution in [2.24, 2.45) is 0 Å². The predicted molar refractivity (Wildman–Crippen MR) is 80.4 cm³/mol. The number of aliphatic hydroxyl groups excluding tert-OH is 1. The van der Waals surface area contributed by atoms with E-state index in [0.717, 1.165) is 24.4 Å². The van der Waals surface area contributed by atoms with Gasteiger partial charge in [0.1, 0.15) is 5.75 Å². The van der Waals surface area contributed by atoms with Gasteiger partial charge in [0, 0.05) is 19.6 Å². The summed E-state index contributed by atoms with van der Waals surface area (Å²) in [5.74, 6) is 0.864. The second-order valence-electron chi connectivity index (χ2n) is 4.51. The molecule has 0 aliphatic heterocycles. The first-order valence-electron chi connectivity index (χ1n) is 6.45. The smallest absolute Gasteiger partial charge is 0.118 e. The molecule has 0 saturated carbocycles. The van der Waals surface area contributed by atoms with Gasteiger partial charge in [0.15, 0.2) is 0 Å². The highest BCUT2D eigenvalue weighted by Crippen LogP contribution is 2.14. The molecular formula is C16H23NO2. The van der Waals surface area contributed by atoms with Gasteiger partial charge >= 0.3 is 0 Å². The van der Waals surface area contributed by atoms with Crippen LogP contribution in [0.25, 0.3) is 6.08 Å². The molecule has 1 aromatic carbocycles. The minimum Gasteiger partial charge on any atom is -0.497 e. The number of rotatable bonds is 8. The summed E-state index contributed by atoms with van der Waals surface area (Å²) in [7, 11) is 1.66. The first-order valence-corrected chi connectivity index (χ1v) is 6.45. The molecule has 1 rings (SSSR count). The van der Waals surface area contributed by atoms with Crippen LogP contribution in [0, 0.1) is 0 Å². The molecular weight excluding hydrogens is 238 g/mol. The van der Waals surface area contributed by atoms with E-state index in [1.54, 1.807) is 7.11 Å². The van der Waals surface area contributed by atoms with Gasteiger partial charge in [-0.2, -0.15) is 0 Å². The Bertz CT molecular complexity index is 409. The van der Waals surface area contributed by atoms with Crippen LogP contribution < -0.4 is 4.74 Å². The first kappa shape index (κ1) is 15.5. The molecule has 0 spiro atoms. The topological polar surface area (TPSA) is 32.7 Å². The molecule has 3 nitrogen and oxygen atoms in total. The third-order valence-corrected chi connectivity index (χ3v) is 2.81. The van der Waals surface area contributed by atoms with Crippen molar-refractivity contribution >= 4 is 6.08 Å². The van der Waals surface area contributed by atoms with E-state index in [9.17, 15) is 0 Å². The number of nitrogens with zero attached hydrogens (tertiary/aromatic N) is 1. The van der Waals surface area contributed by atoms with Gasteiger partial charge in [-0.15, -0.1) is 6.58 Å². The monoisotopic (exact) mass is 261 g/mol. The molecule has 0 aromatic heterocycles. The Morgan fingerprint density at radius 2 is 2.05 bits per heavy atom. The molecule has 0 atom stereocenters. The van der Waals surface area contributed by atoms with E-state index in [2.05, 4.69) is 24.5 Å². The number of benzene rings is 1. The van der Waals surface area contributed by atoms with Crippen molar-refractivity contribution < 1.29 is 9.84 Å². The quantitative estimate of drug-likeness (QED) is 0.730. The molecule has 0 radical (unpaired) electrons. The van der Waals surface area contributed by atoms with Crippen LogP contribution in [-0.2, 0) is 0 Å². The van der Waals surface area contributed by atoms with E-state index in [1.165, 1.54) is 5.57 Å². The van der Waals surface area contributed by atoms with Crippen LogP contribution in [0.4, 0.5) is 0 Å². The second kappa shape index (κ2) is 8.51. The van der Waals surface area contributed by atoms with Gasteiger partial charge in [0.25, 0.3) is 0 Å². The van der Waals surface area contributed by atoms with Crippen LogP contribution in [-0.4, -0.2) is 43.4 Å². The Balaban J connectivity index is 2.65. The average molecular weight is 261 g/mol. The van der Waals surface area contributed by atoms with Crippen molar-refractivity contribution in [2.45, 2.75) is 6.92 Å². The Kier molecular flexibility index (Phi) is 6.93. The molecule has 1 N–H and O–H groups in total. The standard InChI is InChI=1S/C16H23NO2/c1-4-9-17(10-11-18)13-14(2)12-15-5-7-16(19-3)8-6-15/h4-8,12,18H,1,9-11,13H2,2-3H3/b14-12-. The van der Waals surface area contributed by atoms with Gasteiger partial charge in [-0.25, -0.2) is 0 Å². The van der Waals surface area contributed by atoms with Gasteiger partial charge < -0.3 is 9.84 Å². The zero-order chi connectivity index (χ0) is 14.1. The van der Waals surface area contributed by atoms with E-state index in [-0.39, 0.29) is 6.61 Å². The van der Waals surface area contributed by atoms with E-state index in [4.69, 9.17) is 9.84 Å². The summed E-state index contributed by atoms with van der Waals surface area (Å²) in [6, 6.07) is 7.97. The lowest BCUT2D eigenvalue weighted by Gasteiger charge is -2.19. The summed E-state index contributed by atoms with van der Waals surface area (Å²) in [6.45, 7) is 8.29. The maximum Gasteiger partial charge on any atom is 0.118 e. The predicted octanol–water partition coefficient (Wildman–Crippen LogP) is 2.58. The van der Waals surface area contributed by atoms with Crippen molar-refractivity contribution in [2.75, 3.05) is 33.4 Å². The summed E-state index contributed by atoms with van der Waals surface area (Å²) in [6.07, 6.45) is 4.00. The second-order valence-corrected chi connectivity index (χ2v) is 4.51. The van der Waals surface area contributed by atoms with E-state index in [1.807, 2.05) is 30.3 Å². The fraction of sp³-hybridized carbons (Fsp3) is 0.375. The number of hydrogen-bond acceptors (Lipinski definition) is 3. The van der Waals surface area contributed by atoms with Crippen LogP contribution in [0.5, 0.6) is 5.75 Å². The fourth-order valence-electron chi connectivity index (χ4n) is 1.94. The van der Waals surface area contributed by atoms with Crippen LogP contribution in [0.1, 0.15) is 12.5 Å². The van der Waals surface area contributed by atoms with Crippen molar-refractivity contribution in [3.63, 3.8) is 0 Å². The molecule has 0 bridgehead atoms. The normalized spacial score (nSPS) is 11.7. The molecule has 104 valence electrons. The summed E-state index contributed by atoms with van der Waals surface area (Å²) >= 11 is 0. The first-order chi connectivity index (χ1) is 9.19. The Labute approximate surface area is 115 Å². The third-order valence-electron chi connectivity index (χ3n) is 2.81. The Hall–Kier alpha value is -1.58. The SMILES string of the molecule is C=CCN(CCO)C/C(C)=C\c1ccc(OC)cc1. The summed E-state index contributed by atoms with van der Waals surface area (Å²) in [4.78, 5) is 2.16. The van der Waals surface area contributed by atoms with Crippen LogP contribution >= 0.6 is 0 Å². The fourth-order valence-corrected chi connectivity index (χ4v) is 1.94. The van der Waals surface area contributed by atoms with Crippen molar-refractivity contribution in [1.82, 2.24) is 4.90 Å². The maximum atomic E-state index is 9.01. The number of hydrogen-bond donors (Lipinski definition) is 1. The maximum absolute atomic E-state index is 9.01. The lowest BCUT2D eigenvalue weighted by atomic mass is 10.1. The molecule has 1 aromatic rings. The van der Waals surface area contributed by atoms with Gasteiger partial charge in [0.05, 0.1) is 13.7 Å². The van der Waals surface area contributed by atoms with E-state index < -0.39 is 0 Å². The zero-order valence-corrected chi connectivity index (χ0v) is 11.8. The van der Waals surface area contributed by atoms with E-state index in [0.29, 0.717) is 6.54 Å². The number of methoxy groups -OCH3 is 1. The largest absolute Gasteiger partial charge is 0.497 e.